The van der Waals surface area contributed by atoms with E-state index >= 15 is 0 Å². The molecule has 13 heavy (non-hydrogen) atoms. The van der Waals surface area contributed by atoms with E-state index in [1.54, 1.807) is 0 Å². The highest BCUT2D eigenvalue weighted by Crippen LogP contribution is 2.12. The lowest BCUT2D eigenvalue weighted by molar-refractivity contribution is -0.114. The Kier molecular flexibility index (Phi) is 1.60. The van der Waals surface area contributed by atoms with Crippen molar-refractivity contribution in [3.63, 3.8) is 0 Å². The standard InChI is InChI=1S/C8H8N2O3/c1-5(11)10-7-2-3-9-4-6(7)8(12)13/h2-4H,1H3,(H,12,13)(H,9,10,11)/i1D3. The number of hydrogen-bond donors (Lipinski definition) is 2. The Morgan fingerprint density at radius 1 is 1.69 bits per heavy atom. The van der Waals surface area contributed by atoms with E-state index in [9.17, 15) is 9.59 Å². The maximum Gasteiger partial charge on any atom is 0.339 e. The molecular formula is C8H8N2O3. The summed E-state index contributed by atoms with van der Waals surface area (Å²) in [5, 5.41) is 10.8. The lowest BCUT2D eigenvalue weighted by Gasteiger charge is -2.04. The van der Waals surface area contributed by atoms with Crippen molar-refractivity contribution >= 4 is 17.6 Å². The molecule has 5 nitrogen and oxygen atoms in total. The highest BCUT2D eigenvalue weighted by atomic mass is 16.4. The zero-order valence-corrected chi connectivity index (χ0v) is 6.44. The first-order chi connectivity index (χ1) is 7.32. The Balaban J connectivity index is 2.98. The van der Waals surface area contributed by atoms with Gasteiger partial charge in [-0.3, -0.25) is 9.78 Å². The SMILES string of the molecule is [2H]C([2H])([2H])C(=O)Nc1ccncc1C(=O)O. The van der Waals surface area contributed by atoms with Crippen LogP contribution >= 0.6 is 0 Å². The highest BCUT2D eigenvalue weighted by Gasteiger charge is 2.09. The molecule has 0 bridgehead atoms. The Labute approximate surface area is 78.6 Å². The van der Waals surface area contributed by atoms with Gasteiger partial charge in [-0.2, -0.15) is 0 Å². The number of nitrogens with one attached hydrogen (secondary N) is 1. The number of carbonyl (C=O) groups is 2. The van der Waals surface area contributed by atoms with E-state index in [1.807, 2.05) is 5.32 Å². The van der Waals surface area contributed by atoms with Gasteiger partial charge < -0.3 is 10.4 Å². The number of amides is 1. The van der Waals surface area contributed by atoms with Crippen molar-refractivity contribution in [2.45, 2.75) is 6.85 Å². The summed E-state index contributed by atoms with van der Waals surface area (Å²) in [6.45, 7) is -2.82. The molecule has 0 fully saturated rings. The molecule has 0 aliphatic heterocycles. The van der Waals surface area contributed by atoms with E-state index in [-0.39, 0.29) is 11.3 Å². The molecule has 0 unspecified atom stereocenters. The summed E-state index contributed by atoms with van der Waals surface area (Å²) in [7, 11) is 0. The molecule has 1 aromatic heterocycles. The van der Waals surface area contributed by atoms with Gasteiger partial charge in [0.1, 0.15) is 5.56 Å². The second-order valence-corrected chi connectivity index (χ2v) is 2.18. The number of hydrogen-bond acceptors (Lipinski definition) is 3. The van der Waals surface area contributed by atoms with E-state index < -0.39 is 18.7 Å². The van der Waals surface area contributed by atoms with Crippen molar-refractivity contribution in [2.75, 3.05) is 5.32 Å². The van der Waals surface area contributed by atoms with Gasteiger partial charge in [-0.1, -0.05) is 0 Å². The minimum Gasteiger partial charge on any atom is -0.478 e. The summed E-state index contributed by atoms with van der Waals surface area (Å²) in [5.74, 6) is -2.53. The molecule has 2 N–H and O–H groups in total. The van der Waals surface area contributed by atoms with Gasteiger partial charge in [-0.15, -0.1) is 0 Å². The molecule has 0 saturated heterocycles. The summed E-state index contributed by atoms with van der Waals surface area (Å²) in [4.78, 5) is 25.4. The van der Waals surface area contributed by atoms with Crippen molar-refractivity contribution in [2.24, 2.45) is 0 Å². The van der Waals surface area contributed by atoms with Crippen LogP contribution in [0.1, 0.15) is 21.3 Å². The zero-order valence-electron chi connectivity index (χ0n) is 9.44. The van der Waals surface area contributed by atoms with Gasteiger partial charge in [-0.25, -0.2) is 4.79 Å². The molecule has 5 heteroatoms. The third-order valence-corrected chi connectivity index (χ3v) is 1.30. The van der Waals surface area contributed by atoms with Crippen LogP contribution in [-0.2, 0) is 4.79 Å². The van der Waals surface area contributed by atoms with Gasteiger partial charge in [0, 0.05) is 23.4 Å². The molecule has 1 aromatic rings. The van der Waals surface area contributed by atoms with Crippen LogP contribution in [0.15, 0.2) is 18.5 Å². The fraction of sp³-hybridized carbons (Fsp3) is 0.125. The first-order valence-electron chi connectivity index (χ1n) is 4.81. The van der Waals surface area contributed by atoms with Crippen LogP contribution in [0.2, 0.25) is 0 Å². The van der Waals surface area contributed by atoms with Gasteiger partial charge in [0.05, 0.1) is 5.69 Å². The van der Waals surface area contributed by atoms with Crippen LogP contribution < -0.4 is 5.32 Å². The van der Waals surface area contributed by atoms with E-state index in [4.69, 9.17) is 9.22 Å². The third kappa shape index (κ3) is 2.26. The maximum atomic E-state index is 11.1. The van der Waals surface area contributed by atoms with Crippen molar-refractivity contribution < 1.29 is 18.8 Å². The number of carboxylic acids is 1. The van der Waals surface area contributed by atoms with E-state index in [1.165, 1.54) is 12.3 Å². The first-order valence-corrected chi connectivity index (χ1v) is 3.31. The number of carboxylic acid groups (broad SMARTS) is 1. The molecule has 1 heterocycles. The van der Waals surface area contributed by atoms with Crippen molar-refractivity contribution in [1.82, 2.24) is 4.98 Å². The van der Waals surface area contributed by atoms with Gasteiger partial charge in [0.25, 0.3) is 0 Å². The van der Waals surface area contributed by atoms with Crippen LogP contribution in [0, 0.1) is 0 Å². The lowest BCUT2D eigenvalue weighted by atomic mass is 10.2. The molecule has 0 aliphatic carbocycles. The summed E-state index contributed by atoms with van der Waals surface area (Å²) < 4.78 is 20.5. The van der Waals surface area contributed by atoms with Crippen molar-refractivity contribution in [3.05, 3.63) is 24.0 Å². The average Bonchev–Trinajstić information content (AvgIpc) is 2.16. The zero-order chi connectivity index (χ0) is 12.3. The number of anilines is 1. The number of carbonyl (C=O) groups excluding carboxylic acids is 1. The normalized spacial score (nSPS) is 13.7. The molecule has 0 aromatic carbocycles. The monoisotopic (exact) mass is 183 g/mol. The van der Waals surface area contributed by atoms with Gasteiger partial charge >= 0.3 is 5.97 Å². The molecule has 1 amide bonds. The lowest BCUT2D eigenvalue weighted by Crippen LogP contribution is -2.10. The smallest absolute Gasteiger partial charge is 0.339 e. The summed E-state index contributed by atoms with van der Waals surface area (Å²) >= 11 is 0. The number of pyridine rings is 1. The van der Waals surface area contributed by atoms with E-state index in [0.29, 0.717) is 0 Å². The second-order valence-electron chi connectivity index (χ2n) is 2.18. The minimum absolute atomic E-state index is 0.0939. The predicted octanol–water partition coefficient (Wildman–Crippen LogP) is 0.738. The Morgan fingerprint density at radius 3 is 3.08 bits per heavy atom. The largest absolute Gasteiger partial charge is 0.478 e. The number of rotatable bonds is 2. The topological polar surface area (TPSA) is 79.3 Å². The second kappa shape index (κ2) is 3.66. The predicted molar refractivity (Wildman–Crippen MR) is 45.5 cm³/mol. The van der Waals surface area contributed by atoms with Crippen LogP contribution in [0.4, 0.5) is 5.69 Å². The summed E-state index contributed by atoms with van der Waals surface area (Å²) in [5.41, 5.74) is -0.358. The van der Waals surface area contributed by atoms with Crippen LogP contribution in [0.3, 0.4) is 0 Å². The molecule has 0 radical (unpaired) electrons. The molecular weight excluding hydrogens is 172 g/mol. The average molecular weight is 183 g/mol. The van der Waals surface area contributed by atoms with Crippen molar-refractivity contribution in [1.29, 1.82) is 0 Å². The molecule has 0 atom stereocenters. The fourth-order valence-electron chi connectivity index (χ4n) is 0.796. The van der Waals surface area contributed by atoms with Gasteiger partial charge in [0.2, 0.25) is 5.91 Å². The van der Waals surface area contributed by atoms with Crippen LogP contribution in [-0.4, -0.2) is 22.0 Å². The fourth-order valence-corrected chi connectivity index (χ4v) is 0.796. The first kappa shape index (κ1) is 5.69. The number of aromatic carboxylic acids is 1. The summed E-state index contributed by atoms with van der Waals surface area (Å²) in [6, 6.07) is 1.22. The number of aromatic nitrogens is 1. The Bertz CT molecular complexity index is 431. The molecule has 0 spiro atoms. The number of nitrogens with zero attached hydrogens (tertiary/aromatic N) is 1. The van der Waals surface area contributed by atoms with Crippen LogP contribution in [0.25, 0.3) is 0 Å². The minimum atomic E-state index is -2.82. The van der Waals surface area contributed by atoms with Gasteiger partial charge in [-0.05, 0) is 6.07 Å². The maximum absolute atomic E-state index is 11.1. The summed E-state index contributed by atoms with van der Waals surface area (Å²) in [6.07, 6.45) is 2.28. The van der Waals surface area contributed by atoms with E-state index in [0.717, 1.165) is 6.20 Å². The Hall–Kier alpha value is -1.91. The molecule has 68 valence electrons. The van der Waals surface area contributed by atoms with E-state index in [2.05, 4.69) is 4.98 Å². The van der Waals surface area contributed by atoms with Crippen LogP contribution in [0.5, 0.6) is 0 Å². The third-order valence-electron chi connectivity index (χ3n) is 1.30. The molecule has 0 aliphatic rings. The molecule has 0 saturated carbocycles. The highest BCUT2D eigenvalue weighted by molar-refractivity contribution is 5.99. The van der Waals surface area contributed by atoms with Gasteiger partial charge in [0.15, 0.2) is 0 Å². The quantitative estimate of drug-likeness (QED) is 0.708. The Morgan fingerprint density at radius 2 is 2.46 bits per heavy atom. The molecule has 1 rings (SSSR count). The van der Waals surface area contributed by atoms with Crippen molar-refractivity contribution in [3.8, 4) is 0 Å².